The number of aliphatic hydroxyl groups excluding tert-OH is 1. The van der Waals surface area contributed by atoms with E-state index < -0.39 is 51.6 Å². The molecule has 35 heavy (non-hydrogen) atoms. The molecule has 0 bridgehead atoms. The summed E-state index contributed by atoms with van der Waals surface area (Å²) in [5.41, 5.74) is -2.49. The molecule has 1 amide bonds. The van der Waals surface area contributed by atoms with E-state index in [0.717, 1.165) is 5.56 Å². The molecule has 2 aliphatic rings. The van der Waals surface area contributed by atoms with Crippen molar-refractivity contribution >= 4 is 34.8 Å². The third-order valence-corrected chi connectivity index (χ3v) is 6.72. The van der Waals surface area contributed by atoms with Gasteiger partial charge in [-0.05, 0) is 29.3 Å². The van der Waals surface area contributed by atoms with Gasteiger partial charge in [0.1, 0.15) is 6.61 Å². The molecule has 1 atom stereocenters. The largest absolute Gasteiger partial charge is 0.428 e. The predicted molar refractivity (Wildman–Crippen MR) is 114 cm³/mol. The fourth-order valence-electron chi connectivity index (χ4n) is 3.92. The van der Waals surface area contributed by atoms with E-state index in [1.807, 2.05) is 0 Å². The number of nitrogens with zero attached hydrogens (tertiary/aromatic N) is 1. The summed E-state index contributed by atoms with van der Waals surface area (Å²) in [6, 6.07) is 7.33. The Morgan fingerprint density at radius 2 is 1.74 bits per heavy atom. The standard InChI is InChI=1S/C22H16Cl2F6N2O3/c23-16-6-14(5-15(19(16)24)21(25,26)27)20(22(28,29)30)7-17(31-35-20)12-3-1-11(2-4-12)13-8-32(9-13)18(34)10-33/h1-7,13,31,33H,8-10H2. The first-order chi connectivity index (χ1) is 16.3. The normalized spacial score (nSPS) is 20.9. The minimum atomic E-state index is -5.16. The van der Waals surface area contributed by atoms with Crippen LogP contribution in [0.25, 0.3) is 5.70 Å². The molecular formula is C22H16Cl2F6N2O3. The molecule has 0 aliphatic carbocycles. The molecule has 188 valence electrons. The van der Waals surface area contributed by atoms with Crippen LogP contribution in [0.3, 0.4) is 0 Å². The van der Waals surface area contributed by atoms with Crippen LogP contribution in [0.1, 0.15) is 28.2 Å². The number of nitrogens with one attached hydrogen (secondary N) is 1. The second-order valence-electron chi connectivity index (χ2n) is 8.09. The maximum atomic E-state index is 14.2. The van der Waals surface area contributed by atoms with Crippen molar-refractivity contribution in [3.05, 3.63) is 74.8 Å². The van der Waals surface area contributed by atoms with E-state index in [1.54, 1.807) is 12.1 Å². The highest BCUT2D eigenvalue weighted by molar-refractivity contribution is 6.42. The number of hydrogen-bond acceptors (Lipinski definition) is 4. The molecule has 0 saturated carbocycles. The molecule has 5 nitrogen and oxygen atoms in total. The van der Waals surface area contributed by atoms with E-state index in [0.29, 0.717) is 30.8 Å². The lowest BCUT2D eigenvalue weighted by molar-refractivity contribution is -0.269. The Labute approximate surface area is 204 Å². The molecule has 2 aromatic carbocycles. The van der Waals surface area contributed by atoms with Crippen molar-refractivity contribution in [2.24, 2.45) is 0 Å². The maximum absolute atomic E-state index is 14.2. The van der Waals surface area contributed by atoms with Gasteiger partial charge in [0.15, 0.2) is 0 Å². The second-order valence-corrected chi connectivity index (χ2v) is 8.87. The monoisotopic (exact) mass is 540 g/mol. The van der Waals surface area contributed by atoms with Gasteiger partial charge < -0.3 is 10.0 Å². The van der Waals surface area contributed by atoms with Gasteiger partial charge in [-0.15, -0.1) is 0 Å². The smallest absolute Gasteiger partial charge is 0.387 e. The molecule has 13 heteroatoms. The summed E-state index contributed by atoms with van der Waals surface area (Å²) < 4.78 is 82.6. The number of carbonyl (C=O) groups is 1. The lowest BCUT2D eigenvalue weighted by atomic mass is 9.89. The van der Waals surface area contributed by atoms with Gasteiger partial charge in [-0.1, -0.05) is 47.5 Å². The summed E-state index contributed by atoms with van der Waals surface area (Å²) in [6.45, 7) is 0.216. The van der Waals surface area contributed by atoms with Gasteiger partial charge in [0.05, 0.1) is 21.3 Å². The first-order valence-corrected chi connectivity index (χ1v) is 10.8. The van der Waals surface area contributed by atoms with Gasteiger partial charge in [0.2, 0.25) is 11.5 Å². The Hall–Kier alpha value is -2.47. The number of rotatable bonds is 4. The molecule has 0 spiro atoms. The molecule has 1 unspecified atom stereocenters. The second kappa shape index (κ2) is 8.88. The first kappa shape index (κ1) is 25.6. The summed E-state index contributed by atoms with van der Waals surface area (Å²) in [5, 5.41) is 7.26. The zero-order valence-corrected chi connectivity index (χ0v) is 19.0. The molecule has 1 fully saturated rings. The number of hydroxylamine groups is 1. The average Bonchev–Trinajstić information content (AvgIpc) is 3.21. The summed E-state index contributed by atoms with van der Waals surface area (Å²) in [6.07, 6.45) is -9.56. The minimum Gasteiger partial charge on any atom is -0.387 e. The number of aliphatic hydroxyl groups is 1. The lowest BCUT2D eigenvalue weighted by Gasteiger charge is -2.39. The van der Waals surface area contributed by atoms with Gasteiger partial charge in [-0.3, -0.25) is 15.1 Å². The highest BCUT2D eigenvalue weighted by Gasteiger charge is 2.60. The van der Waals surface area contributed by atoms with Crippen molar-refractivity contribution in [1.29, 1.82) is 0 Å². The molecule has 2 aromatic rings. The van der Waals surface area contributed by atoms with Crippen LogP contribution in [-0.2, 0) is 21.4 Å². The van der Waals surface area contributed by atoms with Crippen LogP contribution in [-0.4, -0.2) is 41.8 Å². The highest BCUT2D eigenvalue weighted by Crippen LogP contribution is 2.50. The highest BCUT2D eigenvalue weighted by atomic mass is 35.5. The van der Waals surface area contributed by atoms with Crippen molar-refractivity contribution in [1.82, 2.24) is 10.4 Å². The third-order valence-electron chi connectivity index (χ3n) is 5.92. The summed E-state index contributed by atoms with van der Waals surface area (Å²) in [4.78, 5) is 17.8. The maximum Gasteiger partial charge on any atom is 0.428 e. The van der Waals surface area contributed by atoms with Gasteiger partial charge in [-0.2, -0.15) is 26.3 Å². The zero-order valence-electron chi connectivity index (χ0n) is 17.5. The van der Waals surface area contributed by atoms with Crippen LogP contribution < -0.4 is 5.48 Å². The van der Waals surface area contributed by atoms with E-state index in [-0.39, 0.29) is 17.7 Å². The average molecular weight is 541 g/mol. The molecule has 0 radical (unpaired) electrons. The quantitative estimate of drug-likeness (QED) is 0.519. The summed E-state index contributed by atoms with van der Waals surface area (Å²) >= 11 is 11.3. The topological polar surface area (TPSA) is 61.8 Å². The van der Waals surface area contributed by atoms with Crippen molar-refractivity contribution in [2.75, 3.05) is 19.7 Å². The van der Waals surface area contributed by atoms with Crippen LogP contribution in [0.2, 0.25) is 10.0 Å². The Kier molecular flexibility index (Phi) is 6.50. The van der Waals surface area contributed by atoms with Crippen LogP contribution in [0, 0.1) is 0 Å². The number of benzene rings is 2. The van der Waals surface area contributed by atoms with E-state index in [1.165, 1.54) is 17.0 Å². The van der Waals surface area contributed by atoms with Crippen LogP contribution in [0.5, 0.6) is 0 Å². The lowest BCUT2D eigenvalue weighted by Crippen LogP contribution is -2.49. The van der Waals surface area contributed by atoms with Gasteiger partial charge >= 0.3 is 12.4 Å². The third kappa shape index (κ3) is 4.57. The molecule has 2 aliphatic heterocycles. The fraction of sp³-hybridized carbons (Fsp3) is 0.318. The van der Waals surface area contributed by atoms with Crippen LogP contribution in [0.4, 0.5) is 26.3 Å². The van der Waals surface area contributed by atoms with E-state index in [9.17, 15) is 31.1 Å². The van der Waals surface area contributed by atoms with Gasteiger partial charge in [0, 0.05) is 24.6 Å². The molecular weight excluding hydrogens is 525 g/mol. The number of carbonyl (C=O) groups excluding carboxylic acids is 1. The number of amides is 1. The zero-order chi connectivity index (χ0) is 25.8. The Balaban J connectivity index is 1.66. The molecule has 0 aromatic heterocycles. The van der Waals surface area contributed by atoms with Crippen LogP contribution >= 0.6 is 23.2 Å². The predicted octanol–water partition coefficient (Wildman–Crippen LogP) is 5.26. The number of halogens is 8. The van der Waals surface area contributed by atoms with E-state index >= 15 is 0 Å². The van der Waals surface area contributed by atoms with Gasteiger partial charge in [0.25, 0.3) is 0 Å². The molecule has 2 N–H and O–H groups in total. The summed E-state index contributed by atoms with van der Waals surface area (Å²) in [7, 11) is 0. The van der Waals surface area contributed by atoms with Crippen LogP contribution in [0.15, 0.2) is 42.5 Å². The number of likely N-dealkylation sites (tertiary alicyclic amines) is 1. The Morgan fingerprint density at radius 3 is 2.29 bits per heavy atom. The minimum absolute atomic E-state index is 0.00702. The van der Waals surface area contributed by atoms with Crippen molar-refractivity contribution < 1.29 is 41.1 Å². The molecule has 2 heterocycles. The van der Waals surface area contributed by atoms with E-state index in [2.05, 4.69) is 5.48 Å². The van der Waals surface area contributed by atoms with Crippen molar-refractivity contribution in [2.45, 2.75) is 23.9 Å². The van der Waals surface area contributed by atoms with Crippen molar-refractivity contribution in [3.8, 4) is 0 Å². The SMILES string of the molecule is O=C(CO)N1CC(c2ccc(C3=CC(c4cc(Cl)c(Cl)c(C(F)(F)F)c4)(C(F)(F)F)ON3)cc2)C1. The Morgan fingerprint density at radius 1 is 1.11 bits per heavy atom. The Bertz CT molecular complexity index is 1180. The van der Waals surface area contributed by atoms with E-state index in [4.69, 9.17) is 33.1 Å². The summed E-state index contributed by atoms with van der Waals surface area (Å²) in [5.74, 6) is -0.387. The number of alkyl halides is 6. The molecule has 1 saturated heterocycles. The fourth-order valence-corrected chi connectivity index (χ4v) is 4.36. The van der Waals surface area contributed by atoms with Crippen molar-refractivity contribution in [3.63, 3.8) is 0 Å². The van der Waals surface area contributed by atoms with Gasteiger partial charge in [-0.25, -0.2) is 0 Å². The first-order valence-electron chi connectivity index (χ1n) is 10.1. The number of hydrogen-bond donors (Lipinski definition) is 2. The molecule has 4 rings (SSSR count).